The first kappa shape index (κ1) is 26.0. The zero-order chi connectivity index (χ0) is 23.2. The fraction of sp³-hybridized carbons (Fsp3) is 0.500. The molecule has 170 valence electrons. The van der Waals surface area contributed by atoms with Gasteiger partial charge in [-0.25, -0.2) is 0 Å². The zero-order valence-electron chi connectivity index (χ0n) is 18.2. The van der Waals surface area contributed by atoms with Gasteiger partial charge in [-0.1, -0.05) is 29.8 Å². The van der Waals surface area contributed by atoms with Crippen LogP contribution in [0.4, 0.5) is 0 Å². The minimum Gasteiger partial charge on any atom is -0.350 e. The van der Waals surface area contributed by atoms with Crippen molar-refractivity contribution in [2.24, 2.45) is 5.73 Å². The summed E-state index contributed by atoms with van der Waals surface area (Å²) in [6.45, 7) is 4.03. The van der Waals surface area contributed by atoms with Crippen molar-refractivity contribution in [1.29, 1.82) is 5.41 Å². The number of amides is 3. The standard InChI is InChI=1S/C22H33N5O4/c1-15-6-8-17(9-7-15)14-25-21(30)20(11-10-18(29)13-24)27-22(31)19(26-16(2)28)5-3-4-12-23/h6-9,13,19-20,24H,3-5,10-12,14,23H2,1-2H3,(H,25,30)(H,26,28)(H,27,31)/t19-,20-/m0/s1. The molecule has 9 nitrogen and oxygen atoms in total. The van der Waals surface area contributed by atoms with Crippen molar-refractivity contribution in [3.05, 3.63) is 35.4 Å². The number of ketones is 1. The molecule has 31 heavy (non-hydrogen) atoms. The van der Waals surface area contributed by atoms with E-state index in [1.165, 1.54) is 6.92 Å². The van der Waals surface area contributed by atoms with Gasteiger partial charge < -0.3 is 27.1 Å². The van der Waals surface area contributed by atoms with Gasteiger partial charge in [0.15, 0.2) is 5.78 Å². The first-order valence-corrected chi connectivity index (χ1v) is 10.4. The Morgan fingerprint density at radius 1 is 1.00 bits per heavy atom. The van der Waals surface area contributed by atoms with Crippen molar-refractivity contribution >= 4 is 29.7 Å². The molecule has 0 fully saturated rings. The molecule has 6 N–H and O–H groups in total. The Kier molecular flexibility index (Phi) is 11.7. The highest BCUT2D eigenvalue weighted by Gasteiger charge is 2.26. The third-order valence-electron chi connectivity index (χ3n) is 4.70. The maximum absolute atomic E-state index is 12.7. The van der Waals surface area contributed by atoms with E-state index in [1.807, 2.05) is 31.2 Å². The first-order valence-electron chi connectivity index (χ1n) is 10.4. The van der Waals surface area contributed by atoms with Gasteiger partial charge in [-0.15, -0.1) is 0 Å². The minimum atomic E-state index is -0.965. The lowest BCUT2D eigenvalue weighted by molar-refractivity contribution is -0.132. The van der Waals surface area contributed by atoms with Gasteiger partial charge in [-0.3, -0.25) is 19.2 Å². The molecule has 1 aromatic rings. The molecule has 0 saturated heterocycles. The van der Waals surface area contributed by atoms with Gasteiger partial charge in [0.2, 0.25) is 17.7 Å². The van der Waals surface area contributed by atoms with Crippen molar-refractivity contribution in [1.82, 2.24) is 16.0 Å². The molecule has 3 amide bonds. The normalized spacial score (nSPS) is 12.4. The highest BCUT2D eigenvalue weighted by molar-refractivity contribution is 6.26. The average molecular weight is 432 g/mol. The Hall–Kier alpha value is -3.07. The van der Waals surface area contributed by atoms with Crippen molar-refractivity contribution < 1.29 is 19.2 Å². The molecule has 0 radical (unpaired) electrons. The Labute approximate surface area is 183 Å². The maximum atomic E-state index is 12.7. The molecule has 0 aliphatic rings. The van der Waals surface area contributed by atoms with Crippen LogP contribution in [0.5, 0.6) is 0 Å². The van der Waals surface area contributed by atoms with E-state index in [0.717, 1.165) is 11.1 Å². The number of carbonyl (C=O) groups excluding carboxylic acids is 4. The fourth-order valence-corrected chi connectivity index (χ4v) is 2.93. The van der Waals surface area contributed by atoms with E-state index in [2.05, 4.69) is 16.0 Å². The summed E-state index contributed by atoms with van der Waals surface area (Å²) in [7, 11) is 0. The third kappa shape index (κ3) is 10.5. The van der Waals surface area contributed by atoms with Gasteiger partial charge in [-0.2, -0.15) is 0 Å². The summed E-state index contributed by atoms with van der Waals surface area (Å²) in [4.78, 5) is 48.5. The molecule has 1 aromatic carbocycles. The second-order valence-electron chi connectivity index (χ2n) is 7.45. The first-order chi connectivity index (χ1) is 14.8. The van der Waals surface area contributed by atoms with E-state index in [0.29, 0.717) is 32.0 Å². The van der Waals surface area contributed by atoms with E-state index in [-0.39, 0.29) is 25.3 Å². The molecule has 0 spiro atoms. The van der Waals surface area contributed by atoms with E-state index < -0.39 is 29.7 Å². The average Bonchev–Trinajstić information content (AvgIpc) is 2.74. The fourth-order valence-electron chi connectivity index (χ4n) is 2.93. The topological polar surface area (TPSA) is 154 Å². The highest BCUT2D eigenvalue weighted by Crippen LogP contribution is 2.06. The number of benzene rings is 1. The summed E-state index contributed by atoms with van der Waals surface area (Å²) >= 11 is 0. The van der Waals surface area contributed by atoms with Gasteiger partial charge in [0.25, 0.3) is 0 Å². The van der Waals surface area contributed by atoms with Crippen molar-refractivity contribution in [3.63, 3.8) is 0 Å². The summed E-state index contributed by atoms with van der Waals surface area (Å²) in [6, 6.07) is 5.89. The Balaban J connectivity index is 2.82. The van der Waals surface area contributed by atoms with Crippen LogP contribution in [0.15, 0.2) is 24.3 Å². The lowest BCUT2D eigenvalue weighted by Crippen LogP contribution is -2.53. The molecule has 0 bridgehead atoms. The number of nitrogens with one attached hydrogen (secondary N) is 4. The lowest BCUT2D eigenvalue weighted by Gasteiger charge is -2.23. The predicted octanol–water partition coefficient (Wildman–Crippen LogP) is 0.729. The molecule has 2 atom stereocenters. The Morgan fingerprint density at radius 2 is 1.65 bits per heavy atom. The second kappa shape index (κ2) is 14.0. The van der Waals surface area contributed by atoms with Gasteiger partial charge >= 0.3 is 0 Å². The molecule has 0 aromatic heterocycles. The molecule has 0 unspecified atom stereocenters. The second-order valence-corrected chi connectivity index (χ2v) is 7.45. The Morgan fingerprint density at radius 3 is 2.23 bits per heavy atom. The van der Waals surface area contributed by atoms with Crippen LogP contribution in [-0.4, -0.2) is 48.3 Å². The number of rotatable bonds is 14. The molecule has 1 rings (SSSR count). The summed E-state index contributed by atoms with van der Waals surface area (Å²) in [5.41, 5.74) is 7.49. The van der Waals surface area contributed by atoms with Crippen LogP contribution in [0.3, 0.4) is 0 Å². The number of nitrogens with two attached hydrogens (primary N) is 1. The van der Waals surface area contributed by atoms with Gasteiger partial charge in [0, 0.05) is 19.9 Å². The van der Waals surface area contributed by atoms with Crippen LogP contribution < -0.4 is 21.7 Å². The monoisotopic (exact) mass is 431 g/mol. The number of carbonyl (C=O) groups is 4. The largest absolute Gasteiger partial charge is 0.350 e. The van der Waals surface area contributed by atoms with E-state index in [1.54, 1.807) is 0 Å². The summed E-state index contributed by atoms with van der Waals surface area (Å²) < 4.78 is 0. The quantitative estimate of drug-likeness (QED) is 0.217. The van der Waals surface area contributed by atoms with Gasteiger partial charge in [0.05, 0.1) is 6.21 Å². The number of Topliss-reactive ketones (excluding diaryl/α,β-unsaturated/α-hetero) is 1. The zero-order valence-corrected chi connectivity index (χ0v) is 18.2. The van der Waals surface area contributed by atoms with Crippen LogP contribution in [0.25, 0.3) is 0 Å². The molecule has 0 aliphatic heterocycles. The van der Waals surface area contributed by atoms with Crippen molar-refractivity contribution in [2.45, 2.75) is 64.6 Å². The van der Waals surface area contributed by atoms with E-state index in [9.17, 15) is 19.2 Å². The smallest absolute Gasteiger partial charge is 0.243 e. The number of hydrogen-bond acceptors (Lipinski definition) is 6. The van der Waals surface area contributed by atoms with Crippen LogP contribution in [0.2, 0.25) is 0 Å². The predicted molar refractivity (Wildman–Crippen MR) is 118 cm³/mol. The number of unbranched alkanes of at least 4 members (excludes halogenated alkanes) is 1. The van der Waals surface area contributed by atoms with E-state index in [4.69, 9.17) is 11.1 Å². The maximum Gasteiger partial charge on any atom is 0.243 e. The summed E-state index contributed by atoms with van der Waals surface area (Å²) in [6.07, 6.45) is 2.43. The molecule has 0 aliphatic carbocycles. The van der Waals surface area contributed by atoms with Crippen LogP contribution in [0, 0.1) is 12.3 Å². The van der Waals surface area contributed by atoms with Crippen LogP contribution in [-0.2, 0) is 25.7 Å². The summed E-state index contributed by atoms with van der Waals surface area (Å²) in [5.74, 6) is -1.72. The Bertz CT molecular complexity index is 764. The SMILES string of the molecule is CC(=O)N[C@@H](CCCCN)C(=O)N[C@@H](CCC(=O)C=N)C(=O)NCc1ccc(C)cc1. The highest BCUT2D eigenvalue weighted by atomic mass is 16.2. The molecular weight excluding hydrogens is 398 g/mol. The lowest BCUT2D eigenvalue weighted by atomic mass is 10.0. The molecule has 0 saturated carbocycles. The van der Waals surface area contributed by atoms with Crippen molar-refractivity contribution in [3.8, 4) is 0 Å². The van der Waals surface area contributed by atoms with Crippen molar-refractivity contribution in [2.75, 3.05) is 6.54 Å². The van der Waals surface area contributed by atoms with Crippen LogP contribution >= 0.6 is 0 Å². The van der Waals surface area contributed by atoms with Gasteiger partial charge in [0.1, 0.15) is 12.1 Å². The number of hydrogen-bond donors (Lipinski definition) is 5. The van der Waals surface area contributed by atoms with Crippen LogP contribution in [0.1, 0.15) is 50.2 Å². The minimum absolute atomic E-state index is 0.0509. The van der Waals surface area contributed by atoms with Gasteiger partial charge in [-0.05, 0) is 44.7 Å². The molecule has 0 heterocycles. The van der Waals surface area contributed by atoms with E-state index >= 15 is 0 Å². The molecular formula is C22H33N5O4. The third-order valence-corrected chi connectivity index (χ3v) is 4.70. The molecule has 9 heteroatoms. The number of aryl methyl sites for hydroxylation is 1. The summed E-state index contributed by atoms with van der Waals surface area (Å²) in [5, 5.41) is 15.0.